The Morgan fingerprint density at radius 2 is 1.10 bits per heavy atom. The summed E-state index contributed by atoms with van der Waals surface area (Å²) in [6.07, 6.45) is 3.77. The summed E-state index contributed by atoms with van der Waals surface area (Å²) in [6.45, 7) is 6.89. The van der Waals surface area contributed by atoms with Crippen LogP contribution in [0, 0.1) is 0 Å². The second-order valence-electron chi connectivity index (χ2n) is 14.8. The molecule has 0 aliphatic rings. The summed E-state index contributed by atoms with van der Waals surface area (Å²) >= 11 is 0. The Balaban J connectivity index is 1.20. The lowest BCUT2D eigenvalue weighted by molar-refractivity contribution is 0.591. The van der Waals surface area contributed by atoms with Crippen molar-refractivity contribution < 1.29 is 4.42 Å². The molecule has 242 valence electrons. The zero-order valence-corrected chi connectivity index (χ0v) is 28.9. The molecule has 10 aromatic rings. The fourth-order valence-electron chi connectivity index (χ4n) is 8.03. The minimum absolute atomic E-state index is 0.0575. The fraction of sp³-hybridized carbons (Fsp3) is 0.0816. The van der Waals surface area contributed by atoms with Crippen LogP contribution in [0.15, 0.2) is 162 Å². The van der Waals surface area contributed by atoms with Crippen LogP contribution in [0.25, 0.3) is 98.8 Å². The number of furan rings is 1. The molecule has 8 aromatic carbocycles. The van der Waals surface area contributed by atoms with Crippen molar-refractivity contribution in [3.05, 3.63) is 164 Å². The summed E-state index contributed by atoms with van der Waals surface area (Å²) in [6, 6.07) is 53.3. The second kappa shape index (κ2) is 11.1. The molecule has 0 aliphatic heterocycles. The highest BCUT2D eigenvalue weighted by molar-refractivity contribution is 6.28. The van der Waals surface area contributed by atoms with Gasteiger partial charge in [0.15, 0.2) is 0 Å². The second-order valence-corrected chi connectivity index (χ2v) is 14.8. The molecule has 2 heterocycles. The number of nitrogens with zero attached hydrogens (tertiary/aromatic N) is 1. The Kier molecular flexibility index (Phi) is 6.47. The average molecular weight is 654 g/mol. The molecular weight excluding hydrogens is 619 g/mol. The number of pyridine rings is 1. The van der Waals surface area contributed by atoms with Crippen LogP contribution in [-0.4, -0.2) is 4.98 Å². The van der Waals surface area contributed by atoms with Gasteiger partial charge in [-0.1, -0.05) is 142 Å². The van der Waals surface area contributed by atoms with Crippen molar-refractivity contribution in [2.24, 2.45) is 0 Å². The molecule has 0 saturated heterocycles. The maximum atomic E-state index is 6.41. The van der Waals surface area contributed by atoms with Crippen molar-refractivity contribution in [2.75, 3.05) is 0 Å². The molecule has 2 heteroatoms. The molecule has 0 saturated carbocycles. The van der Waals surface area contributed by atoms with E-state index in [1.165, 1.54) is 60.1 Å². The van der Waals surface area contributed by atoms with Crippen molar-refractivity contribution in [3.63, 3.8) is 0 Å². The largest absolute Gasteiger partial charge is 0.455 e. The topological polar surface area (TPSA) is 26.0 Å². The SMILES string of the molecule is CC(C)(C)c1cc2ccc3c(-c4ccc(-c5cccc6c5oc5ccccc56)cc4)cc(-c4cccc(-c5cccnc5)c4)c4ccc(c1)c2c34. The monoisotopic (exact) mass is 653 g/mol. The van der Waals surface area contributed by atoms with Gasteiger partial charge in [0.2, 0.25) is 0 Å². The molecule has 0 N–H and O–H groups in total. The lowest BCUT2D eigenvalue weighted by Crippen LogP contribution is -2.10. The first kappa shape index (κ1) is 29.6. The van der Waals surface area contributed by atoms with Gasteiger partial charge in [-0.2, -0.15) is 0 Å². The van der Waals surface area contributed by atoms with Crippen LogP contribution >= 0.6 is 0 Å². The molecule has 0 unspecified atom stereocenters. The average Bonchev–Trinajstić information content (AvgIpc) is 3.56. The maximum absolute atomic E-state index is 6.41. The van der Waals surface area contributed by atoms with Crippen LogP contribution in [0.3, 0.4) is 0 Å². The van der Waals surface area contributed by atoms with Gasteiger partial charge in [0.1, 0.15) is 11.2 Å². The van der Waals surface area contributed by atoms with Crippen LogP contribution in [0.5, 0.6) is 0 Å². The van der Waals surface area contributed by atoms with Crippen molar-refractivity contribution >= 4 is 54.3 Å². The first-order valence-electron chi connectivity index (χ1n) is 17.7. The van der Waals surface area contributed by atoms with E-state index in [1.807, 2.05) is 30.6 Å². The van der Waals surface area contributed by atoms with Gasteiger partial charge >= 0.3 is 0 Å². The highest BCUT2D eigenvalue weighted by Crippen LogP contribution is 2.46. The Hall–Kier alpha value is -6.25. The van der Waals surface area contributed by atoms with Crippen molar-refractivity contribution in [2.45, 2.75) is 26.2 Å². The van der Waals surface area contributed by atoms with Gasteiger partial charge in [-0.3, -0.25) is 4.98 Å². The van der Waals surface area contributed by atoms with Gasteiger partial charge in [-0.25, -0.2) is 0 Å². The number of para-hydroxylation sites is 2. The Bertz CT molecular complexity index is 2910. The van der Waals surface area contributed by atoms with E-state index in [0.717, 1.165) is 44.2 Å². The zero-order valence-electron chi connectivity index (χ0n) is 28.9. The smallest absolute Gasteiger partial charge is 0.143 e. The summed E-state index contributed by atoms with van der Waals surface area (Å²) < 4.78 is 6.41. The van der Waals surface area contributed by atoms with Crippen LogP contribution in [0.2, 0.25) is 0 Å². The third kappa shape index (κ3) is 4.75. The minimum Gasteiger partial charge on any atom is -0.455 e. The molecule has 0 amide bonds. The summed E-state index contributed by atoms with van der Waals surface area (Å²) in [5, 5.41) is 10.1. The Morgan fingerprint density at radius 3 is 1.82 bits per heavy atom. The third-order valence-electron chi connectivity index (χ3n) is 10.7. The van der Waals surface area contributed by atoms with Gasteiger partial charge in [-0.05, 0) is 101 Å². The third-order valence-corrected chi connectivity index (χ3v) is 10.7. The number of rotatable bonds is 4. The van der Waals surface area contributed by atoms with E-state index >= 15 is 0 Å². The first-order chi connectivity index (χ1) is 24.9. The van der Waals surface area contributed by atoms with Crippen LogP contribution in [-0.2, 0) is 5.41 Å². The van der Waals surface area contributed by atoms with E-state index < -0.39 is 0 Å². The van der Waals surface area contributed by atoms with Gasteiger partial charge in [-0.15, -0.1) is 0 Å². The van der Waals surface area contributed by atoms with Crippen LogP contribution in [0.4, 0.5) is 0 Å². The standard InChI is InChI=1S/C49H35NO/c1-49(2,3)37-26-34-20-22-40-43(31-18-16-30(17-19-31)38-13-7-14-42-39-12-4-5-15-45(39)51-48(38)42)28-44(41-23-21-35(27-37)46(34)47(40)41)33-10-6-9-32(25-33)36-11-8-24-50-29-36/h4-29H,1-3H3. The molecule has 10 rings (SSSR count). The lowest BCUT2D eigenvalue weighted by atomic mass is 9.81. The molecule has 0 radical (unpaired) electrons. The normalized spacial score (nSPS) is 12.2. The highest BCUT2D eigenvalue weighted by Gasteiger charge is 2.21. The summed E-state index contributed by atoms with van der Waals surface area (Å²) in [7, 11) is 0. The Morgan fingerprint density at radius 1 is 0.451 bits per heavy atom. The van der Waals surface area contributed by atoms with Crippen molar-refractivity contribution in [3.8, 4) is 44.5 Å². The number of aromatic nitrogens is 1. The van der Waals surface area contributed by atoms with Gasteiger partial charge in [0, 0.05) is 34.3 Å². The number of hydrogen-bond acceptors (Lipinski definition) is 2. The van der Waals surface area contributed by atoms with Crippen molar-refractivity contribution in [1.82, 2.24) is 4.98 Å². The van der Waals surface area contributed by atoms with E-state index in [-0.39, 0.29) is 5.41 Å². The summed E-state index contributed by atoms with van der Waals surface area (Å²) in [4.78, 5) is 4.40. The molecule has 2 nitrogen and oxygen atoms in total. The predicted molar refractivity (Wildman–Crippen MR) is 216 cm³/mol. The van der Waals surface area contributed by atoms with E-state index in [1.54, 1.807) is 0 Å². The van der Waals surface area contributed by atoms with E-state index in [0.29, 0.717) is 0 Å². The van der Waals surface area contributed by atoms with Gasteiger partial charge in [0.05, 0.1) is 0 Å². The van der Waals surface area contributed by atoms with E-state index in [2.05, 4.69) is 153 Å². The molecular formula is C49H35NO. The fourth-order valence-corrected chi connectivity index (χ4v) is 8.03. The van der Waals surface area contributed by atoms with Gasteiger partial charge in [0.25, 0.3) is 0 Å². The minimum atomic E-state index is 0.0575. The number of hydrogen-bond donors (Lipinski definition) is 0. The number of benzene rings is 8. The highest BCUT2D eigenvalue weighted by atomic mass is 16.3. The lowest BCUT2D eigenvalue weighted by Gasteiger charge is -2.23. The molecule has 51 heavy (non-hydrogen) atoms. The molecule has 0 fully saturated rings. The van der Waals surface area contributed by atoms with Crippen molar-refractivity contribution in [1.29, 1.82) is 0 Å². The van der Waals surface area contributed by atoms with Crippen LogP contribution in [0.1, 0.15) is 26.3 Å². The predicted octanol–water partition coefficient (Wildman–Crippen LogP) is 13.8. The molecule has 0 bridgehead atoms. The van der Waals surface area contributed by atoms with Gasteiger partial charge < -0.3 is 4.42 Å². The summed E-state index contributed by atoms with van der Waals surface area (Å²) in [5.41, 5.74) is 12.6. The molecule has 2 aromatic heterocycles. The molecule has 0 atom stereocenters. The van der Waals surface area contributed by atoms with E-state index in [9.17, 15) is 0 Å². The quantitative estimate of drug-likeness (QED) is 0.177. The first-order valence-corrected chi connectivity index (χ1v) is 17.7. The van der Waals surface area contributed by atoms with Crippen LogP contribution < -0.4 is 0 Å². The van der Waals surface area contributed by atoms with E-state index in [4.69, 9.17) is 4.42 Å². The number of fused-ring (bicyclic) bond motifs is 3. The molecule has 0 aliphatic carbocycles. The zero-order chi connectivity index (χ0) is 34.3. The Labute approximate surface area is 297 Å². The summed E-state index contributed by atoms with van der Waals surface area (Å²) in [5.74, 6) is 0. The molecule has 0 spiro atoms. The maximum Gasteiger partial charge on any atom is 0.143 e.